The van der Waals surface area contributed by atoms with Gasteiger partial charge in [0.25, 0.3) is 11.5 Å². The third kappa shape index (κ3) is 5.01. The third-order valence-corrected chi connectivity index (χ3v) is 5.45. The summed E-state index contributed by atoms with van der Waals surface area (Å²) >= 11 is 0. The van der Waals surface area contributed by atoms with Crippen LogP contribution >= 0.6 is 0 Å². The van der Waals surface area contributed by atoms with Crippen molar-refractivity contribution in [3.63, 3.8) is 0 Å². The van der Waals surface area contributed by atoms with Crippen LogP contribution in [0.3, 0.4) is 0 Å². The summed E-state index contributed by atoms with van der Waals surface area (Å²) in [5.41, 5.74) is 3.72. The Morgan fingerprint density at radius 2 is 1.88 bits per heavy atom. The van der Waals surface area contributed by atoms with Gasteiger partial charge in [0.2, 0.25) is 0 Å². The molecule has 1 aromatic carbocycles. The van der Waals surface area contributed by atoms with Gasteiger partial charge in [0.1, 0.15) is 11.4 Å². The molecule has 4 rings (SSSR count). The highest BCUT2D eigenvalue weighted by atomic mass is 16.5. The van der Waals surface area contributed by atoms with Gasteiger partial charge in [-0.2, -0.15) is 10.2 Å². The predicted molar refractivity (Wildman–Crippen MR) is 132 cm³/mol. The minimum atomic E-state index is -0.158. The van der Waals surface area contributed by atoms with E-state index in [4.69, 9.17) is 9.84 Å². The summed E-state index contributed by atoms with van der Waals surface area (Å²) in [7, 11) is 0. The molecule has 0 radical (unpaired) electrons. The zero-order chi connectivity index (χ0) is 24.1. The van der Waals surface area contributed by atoms with Crippen LogP contribution in [0, 0.1) is 0 Å². The van der Waals surface area contributed by atoms with E-state index in [-0.39, 0.29) is 24.1 Å². The van der Waals surface area contributed by atoms with E-state index >= 15 is 0 Å². The van der Waals surface area contributed by atoms with Gasteiger partial charge in [0.15, 0.2) is 6.61 Å². The molecule has 0 saturated carbocycles. The second-order valence-electron chi connectivity index (χ2n) is 8.37. The molecule has 3 heterocycles. The summed E-state index contributed by atoms with van der Waals surface area (Å²) in [5, 5.41) is 12.3. The highest BCUT2D eigenvalue weighted by Gasteiger charge is 2.19. The zero-order valence-electron chi connectivity index (χ0n) is 19.7. The summed E-state index contributed by atoms with van der Waals surface area (Å²) in [4.78, 5) is 24.4. The van der Waals surface area contributed by atoms with Crippen LogP contribution in [-0.4, -0.2) is 38.5 Å². The molecule has 34 heavy (non-hydrogen) atoms. The molecule has 3 aromatic heterocycles. The number of carbonyl (C=O) groups excluding carboxylic acids is 1. The Hall–Kier alpha value is -3.94. The van der Waals surface area contributed by atoms with Crippen LogP contribution in [0.1, 0.15) is 39.7 Å². The molecule has 0 aliphatic rings. The normalized spacial score (nSPS) is 11.2. The standard InChI is InChI=1S/C26H29N5O3/c1-4-5-14-27-23(32)17-34-20-13-15-30-22(16-20)25(26(29-30)19-9-7-6-8-10-19)21-11-12-24(33)31(28-21)18(2)3/h6-13,15-16,18H,4-5,14,17H2,1-3H3,(H,27,32). The lowest BCUT2D eigenvalue weighted by molar-refractivity contribution is -0.123. The molecule has 0 aliphatic heterocycles. The van der Waals surface area contributed by atoms with E-state index in [2.05, 4.69) is 17.3 Å². The summed E-state index contributed by atoms with van der Waals surface area (Å²) in [6.45, 7) is 6.49. The van der Waals surface area contributed by atoms with Gasteiger partial charge < -0.3 is 10.1 Å². The first kappa shape index (κ1) is 23.2. The highest BCUT2D eigenvalue weighted by Crippen LogP contribution is 2.35. The van der Waals surface area contributed by atoms with E-state index in [1.54, 1.807) is 22.8 Å². The molecule has 4 aromatic rings. The third-order valence-electron chi connectivity index (χ3n) is 5.45. The number of amides is 1. The molecule has 0 aliphatic carbocycles. The number of benzene rings is 1. The Balaban J connectivity index is 1.77. The van der Waals surface area contributed by atoms with Gasteiger partial charge in [0, 0.05) is 30.4 Å². The minimum absolute atomic E-state index is 0.0641. The Kier molecular flexibility index (Phi) is 7.06. The number of ether oxygens (including phenoxy) is 1. The molecular formula is C26H29N5O3. The Morgan fingerprint density at radius 3 is 2.62 bits per heavy atom. The molecule has 0 fully saturated rings. The van der Waals surface area contributed by atoms with Crippen LogP contribution in [0.2, 0.25) is 0 Å². The van der Waals surface area contributed by atoms with Crippen molar-refractivity contribution in [1.29, 1.82) is 0 Å². The van der Waals surface area contributed by atoms with Gasteiger partial charge >= 0.3 is 0 Å². The van der Waals surface area contributed by atoms with Gasteiger partial charge in [-0.3, -0.25) is 9.59 Å². The van der Waals surface area contributed by atoms with E-state index < -0.39 is 0 Å². The molecule has 0 spiro atoms. The molecule has 0 saturated heterocycles. The van der Waals surface area contributed by atoms with Gasteiger partial charge in [-0.25, -0.2) is 9.20 Å². The van der Waals surface area contributed by atoms with Crippen molar-refractivity contribution in [2.75, 3.05) is 13.2 Å². The second-order valence-corrected chi connectivity index (χ2v) is 8.37. The summed E-state index contributed by atoms with van der Waals surface area (Å²) in [6, 6.07) is 16.6. The van der Waals surface area contributed by atoms with Crippen LogP contribution < -0.4 is 15.6 Å². The largest absolute Gasteiger partial charge is 0.484 e. The maximum absolute atomic E-state index is 12.3. The van der Waals surface area contributed by atoms with Crippen LogP contribution in [0.15, 0.2) is 65.6 Å². The van der Waals surface area contributed by atoms with Crippen molar-refractivity contribution in [3.05, 3.63) is 71.1 Å². The second kappa shape index (κ2) is 10.3. The maximum atomic E-state index is 12.3. The summed E-state index contributed by atoms with van der Waals surface area (Å²) in [5.74, 6) is 0.397. The lowest BCUT2D eigenvalue weighted by Gasteiger charge is -2.11. The predicted octanol–water partition coefficient (Wildman–Crippen LogP) is 4.10. The minimum Gasteiger partial charge on any atom is -0.484 e. The number of unbranched alkanes of at least 4 members (excludes halogenated alkanes) is 1. The summed E-state index contributed by atoms with van der Waals surface area (Å²) in [6.07, 6.45) is 3.75. The fourth-order valence-electron chi connectivity index (χ4n) is 3.70. The number of carbonyl (C=O) groups is 1. The maximum Gasteiger partial charge on any atom is 0.267 e. The molecule has 0 bridgehead atoms. The molecular weight excluding hydrogens is 430 g/mol. The first-order chi connectivity index (χ1) is 16.5. The average Bonchev–Trinajstić information content (AvgIpc) is 3.22. The van der Waals surface area contributed by atoms with Crippen molar-refractivity contribution < 1.29 is 9.53 Å². The molecule has 8 heteroatoms. The molecule has 1 N–H and O–H groups in total. The number of aromatic nitrogens is 4. The van der Waals surface area contributed by atoms with Crippen molar-refractivity contribution in [2.24, 2.45) is 0 Å². The quantitative estimate of drug-likeness (QED) is 0.381. The Bertz CT molecular complexity index is 1340. The van der Waals surface area contributed by atoms with Crippen LogP contribution in [0.5, 0.6) is 5.75 Å². The van der Waals surface area contributed by atoms with E-state index in [9.17, 15) is 9.59 Å². The first-order valence-electron chi connectivity index (χ1n) is 11.6. The number of rotatable bonds is 9. The molecule has 0 unspecified atom stereocenters. The van der Waals surface area contributed by atoms with E-state index in [0.29, 0.717) is 18.0 Å². The van der Waals surface area contributed by atoms with Gasteiger partial charge in [-0.1, -0.05) is 43.7 Å². The van der Waals surface area contributed by atoms with E-state index in [1.807, 2.05) is 50.2 Å². The van der Waals surface area contributed by atoms with Crippen LogP contribution in [0.25, 0.3) is 28.0 Å². The smallest absolute Gasteiger partial charge is 0.267 e. The Morgan fingerprint density at radius 1 is 1.09 bits per heavy atom. The molecule has 1 amide bonds. The lowest BCUT2D eigenvalue weighted by atomic mass is 10.0. The number of hydrogen-bond acceptors (Lipinski definition) is 5. The van der Waals surface area contributed by atoms with Crippen LogP contribution in [-0.2, 0) is 4.79 Å². The number of fused-ring (bicyclic) bond motifs is 1. The van der Waals surface area contributed by atoms with E-state index in [0.717, 1.165) is 35.2 Å². The monoisotopic (exact) mass is 459 g/mol. The van der Waals surface area contributed by atoms with Crippen molar-refractivity contribution in [2.45, 2.75) is 39.7 Å². The average molecular weight is 460 g/mol. The van der Waals surface area contributed by atoms with Gasteiger partial charge in [-0.05, 0) is 32.4 Å². The Labute approximate surface area is 198 Å². The SMILES string of the molecule is CCCCNC(=O)COc1ccn2nc(-c3ccccc3)c(-c3ccc(=O)n(C(C)C)n3)c2c1. The topological polar surface area (TPSA) is 90.5 Å². The van der Waals surface area contributed by atoms with Crippen molar-refractivity contribution in [3.8, 4) is 28.3 Å². The fraction of sp³-hybridized carbons (Fsp3) is 0.308. The number of pyridine rings is 1. The van der Waals surface area contributed by atoms with Crippen LogP contribution in [0.4, 0.5) is 0 Å². The highest BCUT2D eigenvalue weighted by molar-refractivity contribution is 5.91. The van der Waals surface area contributed by atoms with Crippen molar-refractivity contribution in [1.82, 2.24) is 24.7 Å². The lowest BCUT2D eigenvalue weighted by Crippen LogP contribution is -2.29. The zero-order valence-corrected chi connectivity index (χ0v) is 19.7. The molecule has 0 atom stereocenters. The first-order valence-corrected chi connectivity index (χ1v) is 11.6. The number of nitrogens with one attached hydrogen (secondary N) is 1. The van der Waals surface area contributed by atoms with E-state index in [1.165, 1.54) is 10.7 Å². The van der Waals surface area contributed by atoms with Crippen molar-refractivity contribution >= 4 is 11.4 Å². The fourth-order valence-corrected chi connectivity index (χ4v) is 3.70. The molecule has 8 nitrogen and oxygen atoms in total. The number of hydrogen-bond donors (Lipinski definition) is 1. The van der Waals surface area contributed by atoms with Gasteiger partial charge in [-0.15, -0.1) is 0 Å². The number of nitrogens with zero attached hydrogens (tertiary/aromatic N) is 4. The molecule has 176 valence electrons. The summed E-state index contributed by atoms with van der Waals surface area (Å²) < 4.78 is 8.99. The van der Waals surface area contributed by atoms with Gasteiger partial charge in [0.05, 0.1) is 22.8 Å².